The van der Waals surface area contributed by atoms with Gasteiger partial charge in [0.15, 0.2) is 0 Å². The van der Waals surface area contributed by atoms with E-state index in [1.807, 2.05) is 12.1 Å². The van der Waals surface area contributed by atoms with Crippen LogP contribution in [0.3, 0.4) is 0 Å². The molecule has 0 aliphatic heterocycles. The minimum Gasteiger partial charge on any atom is -0.508 e. The van der Waals surface area contributed by atoms with Gasteiger partial charge < -0.3 is 5.11 Å². The zero-order valence-electron chi connectivity index (χ0n) is 13.5. The van der Waals surface area contributed by atoms with E-state index in [0.29, 0.717) is 10.8 Å². The molecule has 0 saturated carbocycles. The predicted molar refractivity (Wildman–Crippen MR) is 90.9 cm³/mol. The van der Waals surface area contributed by atoms with Crippen LogP contribution in [-0.2, 0) is 6.42 Å². The Balaban J connectivity index is 2.41. The molecule has 0 aliphatic rings. The molecule has 0 aliphatic carbocycles. The molecule has 0 amide bonds. The third kappa shape index (κ3) is 5.40. The number of allylic oxidation sites excluding steroid dienone is 1. The van der Waals surface area contributed by atoms with Crippen LogP contribution < -0.4 is 0 Å². The molecule has 0 fully saturated rings. The SMILES string of the molecule is CC(C)(C)[Si](C)(C)C=C=CCCCc1ccc(O)cc1. The molecule has 110 valence electrons. The summed E-state index contributed by atoms with van der Waals surface area (Å²) in [7, 11) is -1.33. The number of hydrogen-bond acceptors (Lipinski definition) is 1. The van der Waals surface area contributed by atoms with Crippen LogP contribution in [-0.4, -0.2) is 13.2 Å². The molecule has 0 atom stereocenters. The van der Waals surface area contributed by atoms with Crippen molar-refractivity contribution in [3.05, 3.63) is 47.3 Å². The van der Waals surface area contributed by atoms with Crippen LogP contribution in [0, 0.1) is 0 Å². The van der Waals surface area contributed by atoms with Crippen LogP contribution in [0.15, 0.2) is 41.8 Å². The Hall–Kier alpha value is -1.24. The highest BCUT2D eigenvalue weighted by atomic mass is 28.3. The van der Waals surface area contributed by atoms with Crippen molar-refractivity contribution in [2.24, 2.45) is 0 Å². The Morgan fingerprint density at radius 2 is 1.75 bits per heavy atom. The molecule has 0 saturated heterocycles. The quantitative estimate of drug-likeness (QED) is 0.432. The van der Waals surface area contributed by atoms with Gasteiger partial charge in [-0.3, -0.25) is 0 Å². The molecule has 1 aromatic carbocycles. The Bertz CT molecular complexity index is 471. The highest BCUT2D eigenvalue weighted by Crippen LogP contribution is 2.36. The lowest BCUT2D eigenvalue weighted by molar-refractivity contribution is 0.475. The summed E-state index contributed by atoms with van der Waals surface area (Å²) in [6.07, 6.45) is 5.41. The summed E-state index contributed by atoms with van der Waals surface area (Å²) >= 11 is 0. The molecular formula is C18H28OSi. The fourth-order valence-corrected chi connectivity index (χ4v) is 2.61. The van der Waals surface area contributed by atoms with E-state index in [4.69, 9.17) is 0 Å². The number of hydrogen-bond donors (Lipinski definition) is 1. The van der Waals surface area contributed by atoms with E-state index in [2.05, 4.69) is 51.4 Å². The van der Waals surface area contributed by atoms with Gasteiger partial charge in [-0.2, -0.15) is 0 Å². The molecule has 0 unspecified atom stereocenters. The molecule has 0 spiro atoms. The first-order chi connectivity index (χ1) is 9.22. The second kappa shape index (κ2) is 6.96. The van der Waals surface area contributed by atoms with E-state index < -0.39 is 8.07 Å². The Kier molecular flexibility index (Phi) is 5.85. The van der Waals surface area contributed by atoms with Gasteiger partial charge in [-0.05, 0) is 48.1 Å². The van der Waals surface area contributed by atoms with Crippen LogP contribution in [0.4, 0.5) is 0 Å². The second-order valence-corrected chi connectivity index (χ2v) is 12.3. The summed E-state index contributed by atoms with van der Waals surface area (Å²) < 4.78 is 0. The Morgan fingerprint density at radius 1 is 1.15 bits per heavy atom. The van der Waals surface area contributed by atoms with Gasteiger partial charge in [0.05, 0.1) is 8.07 Å². The zero-order chi connectivity index (χ0) is 15.2. The fourth-order valence-electron chi connectivity index (χ4n) is 1.64. The van der Waals surface area contributed by atoms with E-state index in [1.165, 1.54) is 5.56 Å². The smallest absolute Gasteiger partial charge is 0.115 e. The number of aryl methyl sites for hydroxylation is 1. The van der Waals surface area contributed by atoms with Crippen molar-refractivity contribution in [1.82, 2.24) is 0 Å². The molecule has 0 radical (unpaired) electrons. The fraction of sp³-hybridized carbons (Fsp3) is 0.500. The van der Waals surface area contributed by atoms with Crippen LogP contribution >= 0.6 is 0 Å². The lowest BCUT2D eigenvalue weighted by Crippen LogP contribution is -2.34. The van der Waals surface area contributed by atoms with Crippen LogP contribution in [0.25, 0.3) is 0 Å². The predicted octanol–water partition coefficient (Wildman–Crippen LogP) is 5.47. The van der Waals surface area contributed by atoms with Crippen molar-refractivity contribution in [2.45, 2.75) is 58.2 Å². The molecule has 1 N–H and O–H groups in total. The Labute approximate surface area is 125 Å². The molecule has 0 bridgehead atoms. The zero-order valence-corrected chi connectivity index (χ0v) is 14.5. The lowest BCUT2D eigenvalue weighted by Gasteiger charge is -2.33. The van der Waals surface area contributed by atoms with Crippen molar-refractivity contribution >= 4 is 8.07 Å². The van der Waals surface area contributed by atoms with E-state index in [-0.39, 0.29) is 0 Å². The highest BCUT2D eigenvalue weighted by molar-refractivity contribution is 6.84. The van der Waals surface area contributed by atoms with Gasteiger partial charge in [0.1, 0.15) is 5.75 Å². The maximum atomic E-state index is 9.22. The molecule has 1 nitrogen and oxygen atoms in total. The van der Waals surface area contributed by atoms with Crippen LogP contribution in [0.5, 0.6) is 5.75 Å². The standard InChI is InChI=1S/C18H28OSi/c1-18(2,3)20(4,5)15-9-7-6-8-10-16-11-13-17(19)14-12-16/h7,11-15,19H,6,8,10H2,1-5H3. The minimum absolute atomic E-state index is 0.339. The molecule has 2 heteroatoms. The normalized spacial score (nSPS) is 11.8. The van der Waals surface area contributed by atoms with Gasteiger partial charge in [0, 0.05) is 0 Å². The number of rotatable bonds is 5. The summed E-state index contributed by atoms with van der Waals surface area (Å²) in [5.74, 6) is 0.339. The van der Waals surface area contributed by atoms with Crippen molar-refractivity contribution in [3.8, 4) is 5.75 Å². The lowest BCUT2D eigenvalue weighted by atomic mass is 10.1. The van der Waals surface area contributed by atoms with Gasteiger partial charge in [0.25, 0.3) is 0 Å². The van der Waals surface area contributed by atoms with Crippen LogP contribution in [0.1, 0.15) is 39.2 Å². The van der Waals surface area contributed by atoms with E-state index >= 15 is 0 Å². The number of unbranched alkanes of at least 4 members (excludes halogenated alkanes) is 1. The average Bonchev–Trinajstić information content (AvgIpc) is 2.34. The number of aromatic hydroxyl groups is 1. The molecule has 20 heavy (non-hydrogen) atoms. The van der Waals surface area contributed by atoms with E-state index in [1.54, 1.807) is 12.1 Å². The highest BCUT2D eigenvalue weighted by Gasteiger charge is 2.32. The average molecular weight is 289 g/mol. The summed E-state index contributed by atoms with van der Waals surface area (Å²) in [5.41, 5.74) is 7.01. The summed E-state index contributed by atoms with van der Waals surface area (Å²) in [5, 5.41) is 9.61. The van der Waals surface area contributed by atoms with Gasteiger partial charge in [-0.15, -0.1) is 5.73 Å². The Morgan fingerprint density at radius 3 is 2.30 bits per heavy atom. The first kappa shape index (κ1) is 16.8. The van der Waals surface area contributed by atoms with Gasteiger partial charge in [-0.1, -0.05) is 51.7 Å². The van der Waals surface area contributed by atoms with Crippen molar-refractivity contribution < 1.29 is 5.11 Å². The molecule has 1 rings (SSSR count). The van der Waals surface area contributed by atoms with Gasteiger partial charge in [-0.25, -0.2) is 0 Å². The molecule has 0 heterocycles. The number of phenols is 1. The third-order valence-electron chi connectivity index (χ3n) is 4.25. The first-order valence-corrected chi connectivity index (χ1v) is 10.5. The summed E-state index contributed by atoms with van der Waals surface area (Å²) in [6.45, 7) is 11.8. The molecule has 1 aromatic rings. The second-order valence-electron chi connectivity index (χ2n) is 7.05. The number of benzene rings is 1. The molecule has 0 aromatic heterocycles. The third-order valence-corrected chi connectivity index (χ3v) is 9.00. The maximum Gasteiger partial charge on any atom is 0.115 e. The van der Waals surface area contributed by atoms with Gasteiger partial charge in [0.2, 0.25) is 0 Å². The molecular weight excluding hydrogens is 260 g/mol. The van der Waals surface area contributed by atoms with Crippen molar-refractivity contribution in [3.63, 3.8) is 0 Å². The topological polar surface area (TPSA) is 20.2 Å². The first-order valence-electron chi connectivity index (χ1n) is 7.42. The van der Waals surface area contributed by atoms with E-state index in [0.717, 1.165) is 19.3 Å². The minimum atomic E-state index is -1.33. The van der Waals surface area contributed by atoms with Crippen molar-refractivity contribution in [1.29, 1.82) is 0 Å². The largest absolute Gasteiger partial charge is 0.508 e. The summed E-state index contributed by atoms with van der Waals surface area (Å²) in [6, 6.07) is 7.49. The van der Waals surface area contributed by atoms with E-state index in [9.17, 15) is 5.11 Å². The van der Waals surface area contributed by atoms with Gasteiger partial charge >= 0.3 is 0 Å². The summed E-state index contributed by atoms with van der Waals surface area (Å²) in [4.78, 5) is 0. The maximum absolute atomic E-state index is 9.22. The monoisotopic (exact) mass is 288 g/mol. The van der Waals surface area contributed by atoms with Crippen LogP contribution in [0.2, 0.25) is 18.1 Å². The van der Waals surface area contributed by atoms with Crippen molar-refractivity contribution in [2.75, 3.05) is 0 Å². The number of phenolic OH excluding ortho intramolecular Hbond substituents is 1.